The second-order valence-electron chi connectivity index (χ2n) is 9.04. The number of nitrogens with one attached hydrogen (secondary N) is 2. The summed E-state index contributed by atoms with van der Waals surface area (Å²) in [4.78, 5) is 35.0. The predicted octanol–water partition coefficient (Wildman–Crippen LogP) is 3.37. The van der Waals surface area contributed by atoms with Crippen molar-refractivity contribution in [1.29, 1.82) is 0 Å². The minimum absolute atomic E-state index is 0.0994. The molecule has 1 aromatic heterocycles. The van der Waals surface area contributed by atoms with E-state index in [1.54, 1.807) is 43.4 Å². The largest absolute Gasteiger partial charge is 0.321 e. The highest BCUT2D eigenvalue weighted by Gasteiger charge is 2.49. The molecule has 2 aliphatic rings. The second-order valence-corrected chi connectivity index (χ2v) is 9.04. The van der Waals surface area contributed by atoms with Gasteiger partial charge in [0.15, 0.2) is 0 Å². The third kappa shape index (κ3) is 4.39. The first-order chi connectivity index (χ1) is 17.0. The van der Waals surface area contributed by atoms with Crippen molar-refractivity contribution in [2.24, 2.45) is 18.0 Å². The monoisotopic (exact) mass is 472 g/mol. The molecule has 0 radical (unpaired) electrons. The van der Waals surface area contributed by atoms with Gasteiger partial charge in [-0.05, 0) is 36.3 Å². The third-order valence-corrected chi connectivity index (χ3v) is 6.72. The van der Waals surface area contributed by atoms with Crippen molar-refractivity contribution in [2.75, 3.05) is 17.3 Å². The number of carbonyl (C=O) groups excluding carboxylic acids is 2. The van der Waals surface area contributed by atoms with Gasteiger partial charge in [0.25, 0.3) is 5.91 Å². The third-order valence-electron chi connectivity index (χ3n) is 6.72. The summed E-state index contributed by atoms with van der Waals surface area (Å²) >= 11 is 0. The van der Waals surface area contributed by atoms with Crippen LogP contribution < -0.4 is 15.5 Å². The first-order valence-corrected chi connectivity index (χ1v) is 11.8. The molecule has 1 saturated carbocycles. The van der Waals surface area contributed by atoms with Crippen LogP contribution >= 0.6 is 0 Å². The maximum absolute atomic E-state index is 13.9. The molecular formula is C25H28N8O2. The van der Waals surface area contributed by atoms with Crippen molar-refractivity contribution in [2.45, 2.75) is 37.8 Å². The number of fused-ring (bicyclic) bond motifs is 1. The van der Waals surface area contributed by atoms with Crippen molar-refractivity contribution in [3.63, 3.8) is 0 Å². The van der Waals surface area contributed by atoms with Crippen LogP contribution in [0.4, 0.5) is 16.2 Å². The van der Waals surface area contributed by atoms with Crippen LogP contribution in [0.2, 0.25) is 0 Å². The maximum Gasteiger partial charge on any atom is 0.321 e. The van der Waals surface area contributed by atoms with Gasteiger partial charge in [-0.2, -0.15) is 4.80 Å². The second kappa shape index (κ2) is 9.28. The molecule has 2 aromatic carbocycles. The van der Waals surface area contributed by atoms with E-state index < -0.39 is 11.7 Å². The van der Waals surface area contributed by atoms with Crippen LogP contribution in [0.1, 0.15) is 37.7 Å². The summed E-state index contributed by atoms with van der Waals surface area (Å²) in [7, 11) is 3.43. The van der Waals surface area contributed by atoms with Crippen molar-refractivity contribution < 1.29 is 9.59 Å². The summed E-state index contributed by atoms with van der Waals surface area (Å²) in [5.41, 5.74) is 1.49. The topological polar surface area (TPSA) is 117 Å². The minimum Gasteiger partial charge on any atom is -0.311 e. The van der Waals surface area contributed by atoms with Crippen LogP contribution in [0.25, 0.3) is 11.4 Å². The van der Waals surface area contributed by atoms with Gasteiger partial charge in [0, 0.05) is 36.0 Å². The smallest absolute Gasteiger partial charge is 0.311 e. The number of carbonyl (C=O) groups is 2. The number of aliphatic imine (C=N–C) groups is 1. The summed E-state index contributed by atoms with van der Waals surface area (Å²) < 4.78 is 0. The lowest BCUT2D eigenvalue weighted by Gasteiger charge is -2.40. The maximum atomic E-state index is 13.9. The highest BCUT2D eigenvalue weighted by atomic mass is 16.2. The highest BCUT2D eigenvalue weighted by Crippen LogP contribution is 2.38. The molecule has 0 saturated heterocycles. The lowest BCUT2D eigenvalue weighted by Crippen LogP contribution is -2.63. The Labute approximate surface area is 203 Å². The van der Waals surface area contributed by atoms with Gasteiger partial charge in [-0.3, -0.25) is 9.79 Å². The summed E-state index contributed by atoms with van der Waals surface area (Å²) in [5, 5.41) is 17.9. The average molecular weight is 473 g/mol. The van der Waals surface area contributed by atoms with E-state index in [1.165, 1.54) is 4.80 Å². The van der Waals surface area contributed by atoms with Crippen LogP contribution in [-0.2, 0) is 11.8 Å². The molecule has 0 spiro atoms. The fourth-order valence-corrected chi connectivity index (χ4v) is 4.95. The summed E-state index contributed by atoms with van der Waals surface area (Å²) in [5.74, 6) is 0.120. The first-order valence-electron chi connectivity index (χ1n) is 11.8. The number of aromatic nitrogens is 4. The van der Waals surface area contributed by atoms with Crippen molar-refractivity contribution in [3.05, 3.63) is 54.1 Å². The summed E-state index contributed by atoms with van der Waals surface area (Å²) in [6.45, 7) is 0. The fourth-order valence-electron chi connectivity index (χ4n) is 4.95. The molecule has 10 heteroatoms. The van der Waals surface area contributed by atoms with E-state index >= 15 is 0 Å². The Morgan fingerprint density at radius 2 is 1.86 bits per heavy atom. The van der Waals surface area contributed by atoms with Gasteiger partial charge in [0.05, 0.1) is 12.7 Å². The number of benzodiazepines with no additional fused rings is 1. The zero-order valence-electron chi connectivity index (χ0n) is 19.8. The van der Waals surface area contributed by atoms with Crippen LogP contribution in [-0.4, -0.2) is 51.1 Å². The molecule has 1 atom stereocenters. The molecule has 1 aliphatic heterocycles. The molecule has 3 aromatic rings. The quantitative estimate of drug-likeness (QED) is 0.604. The Balaban J connectivity index is 1.44. The van der Waals surface area contributed by atoms with Crippen LogP contribution in [0.15, 0.2) is 53.5 Å². The fraction of sp³-hybridized carbons (Fsp3) is 0.360. The minimum atomic E-state index is -1.39. The van der Waals surface area contributed by atoms with Gasteiger partial charge >= 0.3 is 6.03 Å². The van der Waals surface area contributed by atoms with Crippen molar-refractivity contribution >= 4 is 29.5 Å². The molecule has 5 rings (SSSR count). The van der Waals surface area contributed by atoms with E-state index in [-0.39, 0.29) is 11.8 Å². The number of urea groups is 1. The molecule has 1 unspecified atom stereocenters. The SMILES string of the molecule is CN1C(=O)C(NC(=O)Nc2cccc(-c3nnn(C)n3)c2)(C2CCCCC2)N=Cc2ccccc21. The van der Waals surface area contributed by atoms with Gasteiger partial charge in [0.2, 0.25) is 11.5 Å². The first kappa shape index (κ1) is 22.7. The number of benzene rings is 2. The Bertz CT molecular complexity index is 1280. The van der Waals surface area contributed by atoms with E-state index in [0.717, 1.165) is 48.9 Å². The molecular weight excluding hydrogens is 444 g/mol. The van der Waals surface area contributed by atoms with E-state index in [9.17, 15) is 9.59 Å². The molecule has 35 heavy (non-hydrogen) atoms. The van der Waals surface area contributed by atoms with Gasteiger partial charge in [-0.1, -0.05) is 49.6 Å². The number of anilines is 2. The Morgan fingerprint density at radius 1 is 1.06 bits per heavy atom. The predicted molar refractivity (Wildman–Crippen MR) is 133 cm³/mol. The molecule has 0 bridgehead atoms. The van der Waals surface area contributed by atoms with Crippen molar-refractivity contribution in [3.8, 4) is 11.4 Å². The molecule has 2 N–H and O–H groups in total. The average Bonchev–Trinajstić information content (AvgIpc) is 3.29. The lowest BCUT2D eigenvalue weighted by molar-refractivity contribution is -0.126. The van der Waals surface area contributed by atoms with E-state index in [0.29, 0.717) is 11.5 Å². The van der Waals surface area contributed by atoms with Crippen LogP contribution in [0, 0.1) is 5.92 Å². The van der Waals surface area contributed by atoms with Gasteiger partial charge < -0.3 is 15.5 Å². The standard InChI is InChI=1S/C25H28N8O2/c1-32-21-14-7-6-9-18(21)16-26-25(23(32)34,19-11-4-3-5-12-19)28-24(35)27-20-13-8-10-17(15-20)22-29-31-33(2)30-22/h6-10,13-16,19H,3-5,11-12H2,1-2H3,(H2,27,28,35). The number of rotatable bonds is 4. The number of aryl methyl sites for hydroxylation is 1. The van der Waals surface area contributed by atoms with Gasteiger partial charge in [-0.15, -0.1) is 10.2 Å². The van der Waals surface area contributed by atoms with E-state index in [4.69, 9.17) is 4.99 Å². The van der Waals surface area contributed by atoms with Crippen LogP contribution in [0.5, 0.6) is 0 Å². The van der Waals surface area contributed by atoms with Crippen molar-refractivity contribution in [1.82, 2.24) is 25.5 Å². The number of hydrogen-bond acceptors (Lipinski definition) is 6. The van der Waals surface area contributed by atoms with Gasteiger partial charge in [0.1, 0.15) is 0 Å². The van der Waals surface area contributed by atoms with Gasteiger partial charge in [-0.25, -0.2) is 4.79 Å². The highest BCUT2D eigenvalue weighted by molar-refractivity contribution is 6.09. The lowest BCUT2D eigenvalue weighted by atomic mass is 9.79. The zero-order valence-corrected chi connectivity index (χ0v) is 19.8. The zero-order chi connectivity index (χ0) is 24.4. The summed E-state index contributed by atoms with van der Waals surface area (Å²) in [6, 6.07) is 14.3. The Morgan fingerprint density at radius 3 is 2.63 bits per heavy atom. The molecule has 3 amide bonds. The molecule has 2 heterocycles. The van der Waals surface area contributed by atoms with Crippen LogP contribution in [0.3, 0.4) is 0 Å². The molecule has 10 nitrogen and oxygen atoms in total. The molecule has 180 valence electrons. The number of amides is 3. The number of tetrazole rings is 1. The number of para-hydroxylation sites is 1. The van der Waals surface area contributed by atoms with E-state index in [2.05, 4.69) is 26.0 Å². The number of likely N-dealkylation sites (N-methyl/N-ethyl adjacent to an activating group) is 1. The summed E-state index contributed by atoms with van der Waals surface area (Å²) in [6.07, 6.45) is 6.48. The van der Waals surface area contributed by atoms with E-state index in [1.807, 2.05) is 30.3 Å². The molecule has 1 aliphatic carbocycles. The Kier molecular flexibility index (Phi) is 6.02. The number of hydrogen-bond donors (Lipinski definition) is 2. The molecule has 1 fully saturated rings. The number of nitrogens with zero attached hydrogens (tertiary/aromatic N) is 6. The Hall–Kier alpha value is -4.08. The normalized spacial score (nSPS) is 20.3.